The van der Waals surface area contributed by atoms with Crippen molar-refractivity contribution in [1.29, 1.82) is 0 Å². The van der Waals surface area contributed by atoms with Crippen LogP contribution in [0.2, 0.25) is 0 Å². The van der Waals surface area contributed by atoms with Crippen LogP contribution in [0.15, 0.2) is 30.3 Å². The first-order valence-electron chi connectivity index (χ1n) is 14.8. The molecule has 10 nitrogen and oxygen atoms in total. The summed E-state index contributed by atoms with van der Waals surface area (Å²) < 4.78 is 16.6. The van der Waals surface area contributed by atoms with E-state index in [1.165, 1.54) is 7.11 Å². The van der Waals surface area contributed by atoms with Crippen LogP contribution in [0.1, 0.15) is 80.7 Å². The summed E-state index contributed by atoms with van der Waals surface area (Å²) >= 11 is 0. The van der Waals surface area contributed by atoms with Crippen molar-refractivity contribution in [2.45, 2.75) is 112 Å². The van der Waals surface area contributed by atoms with E-state index in [2.05, 4.69) is 10.6 Å². The van der Waals surface area contributed by atoms with E-state index < -0.39 is 47.8 Å². The fourth-order valence-electron chi connectivity index (χ4n) is 4.68. The van der Waals surface area contributed by atoms with Crippen molar-refractivity contribution in [1.82, 2.24) is 15.5 Å². The van der Waals surface area contributed by atoms with Gasteiger partial charge in [-0.05, 0) is 44.1 Å². The van der Waals surface area contributed by atoms with Crippen LogP contribution in [-0.4, -0.2) is 72.8 Å². The molecule has 0 saturated heterocycles. The average molecular weight is 592 g/mol. The van der Waals surface area contributed by atoms with Gasteiger partial charge in [0.25, 0.3) is 0 Å². The highest BCUT2D eigenvalue weighted by Gasteiger charge is 2.39. The zero-order valence-corrected chi connectivity index (χ0v) is 27.4. The number of hydrogen-bond acceptors (Lipinski definition) is 7. The lowest BCUT2D eigenvalue weighted by atomic mass is 9.90. The molecule has 0 aliphatic carbocycles. The first kappa shape index (κ1) is 36.9. The molecule has 10 heteroatoms. The van der Waals surface area contributed by atoms with Crippen LogP contribution in [0.25, 0.3) is 0 Å². The molecule has 0 saturated carbocycles. The molecule has 1 rings (SSSR count). The molecule has 0 fully saturated rings. The summed E-state index contributed by atoms with van der Waals surface area (Å²) in [5.41, 5.74) is 0.175. The van der Waals surface area contributed by atoms with Gasteiger partial charge in [0.05, 0.1) is 18.6 Å². The number of rotatable bonds is 15. The van der Waals surface area contributed by atoms with Crippen molar-refractivity contribution >= 4 is 23.9 Å². The topological polar surface area (TPSA) is 123 Å². The Balaban J connectivity index is 3.08. The van der Waals surface area contributed by atoms with Gasteiger partial charge in [-0.25, -0.2) is 4.79 Å². The maximum Gasteiger partial charge on any atom is 0.408 e. The smallest absolute Gasteiger partial charge is 0.408 e. The maximum atomic E-state index is 13.9. The van der Waals surface area contributed by atoms with Gasteiger partial charge in [-0.15, -0.1) is 0 Å². The standard InChI is InChI=1S/C32H53N3O7/c1-12-22(6)28(24(40-11)18-25(36)42-32(7,8)9)35(10)30(38)27(21(4)5)33-29(37)26(20(2)3)34-31(39)41-19-23-16-14-13-15-17-23/h13-17,20-22,24,26-28H,12,18-19H2,1-11H3,(H,33,37)(H,34,39)/t22-,24+,26-,27-,28-/m0/s1. The lowest BCUT2D eigenvalue weighted by Gasteiger charge is -2.40. The lowest BCUT2D eigenvalue weighted by molar-refractivity contribution is -0.161. The Morgan fingerprint density at radius 3 is 1.95 bits per heavy atom. The fourth-order valence-corrected chi connectivity index (χ4v) is 4.68. The average Bonchev–Trinajstić information content (AvgIpc) is 2.91. The predicted octanol–water partition coefficient (Wildman–Crippen LogP) is 4.70. The summed E-state index contributed by atoms with van der Waals surface area (Å²) in [4.78, 5) is 54.1. The number of esters is 1. The summed E-state index contributed by atoms with van der Waals surface area (Å²) in [6, 6.07) is 6.98. The highest BCUT2D eigenvalue weighted by atomic mass is 16.6. The molecule has 3 amide bonds. The molecule has 0 bridgehead atoms. The Kier molecular flexibility index (Phi) is 15.0. The minimum Gasteiger partial charge on any atom is -0.460 e. The molecule has 5 atom stereocenters. The molecule has 0 aliphatic rings. The van der Waals surface area contributed by atoms with Crippen LogP contribution in [0, 0.1) is 17.8 Å². The summed E-state index contributed by atoms with van der Waals surface area (Å²) in [6.45, 7) is 16.8. The van der Waals surface area contributed by atoms with Gasteiger partial charge in [0.1, 0.15) is 24.3 Å². The zero-order chi connectivity index (χ0) is 32.2. The number of hydrogen-bond donors (Lipinski definition) is 2. The van der Waals surface area contributed by atoms with Gasteiger partial charge in [0.15, 0.2) is 0 Å². The van der Waals surface area contributed by atoms with Crippen LogP contribution >= 0.6 is 0 Å². The Morgan fingerprint density at radius 2 is 1.48 bits per heavy atom. The third kappa shape index (κ3) is 12.0. The molecule has 42 heavy (non-hydrogen) atoms. The summed E-state index contributed by atoms with van der Waals surface area (Å²) in [5, 5.41) is 5.51. The number of carbonyl (C=O) groups is 4. The highest BCUT2D eigenvalue weighted by molar-refractivity contribution is 5.91. The molecular formula is C32H53N3O7. The number of nitrogens with one attached hydrogen (secondary N) is 2. The second-order valence-corrected chi connectivity index (χ2v) is 12.5. The second-order valence-electron chi connectivity index (χ2n) is 12.5. The Morgan fingerprint density at radius 1 is 0.905 bits per heavy atom. The van der Waals surface area contributed by atoms with Crippen molar-refractivity contribution in [3.63, 3.8) is 0 Å². The SMILES string of the molecule is CC[C@H](C)[C@@H]([C@@H](CC(=O)OC(C)(C)C)OC)N(C)C(=O)[C@@H](NC(=O)[C@@H](NC(=O)OCc1ccccc1)C(C)C)C(C)C. The van der Waals surface area contributed by atoms with Crippen molar-refractivity contribution in [3.8, 4) is 0 Å². The van der Waals surface area contributed by atoms with Gasteiger partial charge in [0.2, 0.25) is 11.8 Å². The molecule has 0 radical (unpaired) electrons. The molecule has 0 unspecified atom stereocenters. The lowest BCUT2D eigenvalue weighted by Crippen LogP contribution is -2.60. The highest BCUT2D eigenvalue weighted by Crippen LogP contribution is 2.24. The first-order chi connectivity index (χ1) is 19.5. The van der Waals surface area contributed by atoms with E-state index in [0.29, 0.717) is 0 Å². The van der Waals surface area contributed by atoms with E-state index in [1.54, 1.807) is 46.6 Å². The van der Waals surface area contributed by atoms with Crippen LogP contribution in [0.5, 0.6) is 0 Å². The fraction of sp³-hybridized carbons (Fsp3) is 0.688. The van der Waals surface area contributed by atoms with E-state index in [1.807, 2.05) is 58.0 Å². The van der Waals surface area contributed by atoms with E-state index in [4.69, 9.17) is 14.2 Å². The molecule has 0 spiro atoms. The minimum atomic E-state index is -0.920. The largest absolute Gasteiger partial charge is 0.460 e. The molecule has 1 aromatic carbocycles. The zero-order valence-electron chi connectivity index (χ0n) is 27.4. The molecule has 0 heterocycles. The number of ether oxygens (including phenoxy) is 3. The minimum absolute atomic E-state index is 0.0145. The number of alkyl carbamates (subject to hydrolysis) is 1. The van der Waals surface area contributed by atoms with E-state index >= 15 is 0 Å². The quantitative estimate of drug-likeness (QED) is 0.284. The van der Waals surface area contributed by atoms with E-state index in [-0.39, 0.29) is 36.7 Å². The van der Waals surface area contributed by atoms with Crippen LogP contribution < -0.4 is 10.6 Å². The number of nitrogens with zero attached hydrogens (tertiary/aromatic N) is 1. The number of benzene rings is 1. The number of amides is 3. The summed E-state index contributed by atoms with van der Waals surface area (Å²) in [7, 11) is 3.18. The van der Waals surface area contributed by atoms with Gasteiger partial charge in [-0.1, -0.05) is 78.3 Å². The first-order valence-corrected chi connectivity index (χ1v) is 14.8. The van der Waals surface area contributed by atoms with Crippen molar-refractivity contribution in [2.75, 3.05) is 14.2 Å². The Hall–Kier alpha value is -3.14. The molecule has 1 aromatic rings. The normalized spacial score (nSPS) is 15.3. The molecule has 0 aliphatic heterocycles. The van der Waals surface area contributed by atoms with Crippen molar-refractivity contribution in [2.24, 2.45) is 17.8 Å². The third-order valence-corrected chi connectivity index (χ3v) is 7.16. The number of methoxy groups -OCH3 is 1. The Bertz CT molecular complexity index is 1010. The predicted molar refractivity (Wildman–Crippen MR) is 162 cm³/mol. The van der Waals surface area contributed by atoms with E-state index in [0.717, 1.165) is 12.0 Å². The van der Waals surface area contributed by atoms with Crippen LogP contribution in [0.3, 0.4) is 0 Å². The number of likely N-dealkylation sites (N-methyl/N-ethyl adjacent to an activating group) is 1. The Labute approximate surface area is 252 Å². The second kappa shape index (κ2) is 17.1. The summed E-state index contributed by atoms with van der Waals surface area (Å²) in [5.74, 6) is -1.76. The van der Waals surface area contributed by atoms with Gasteiger partial charge in [-0.2, -0.15) is 0 Å². The van der Waals surface area contributed by atoms with Crippen molar-refractivity contribution < 1.29 is 33.4 Å². The van der Waals surface area contributed by atoms with Gasteiger partial charge < -0.3 is 29.7 Å². The van der Waals surface area contributed by atoms with Crippen LogP contribution in [-0.2, 0) is 35.2 Å². The van der Waals surface area contributed by atoms with Crippen LogP contribution in [0.4, 0.5) is 4.79 Å². The van der Waals surface area contributed by atoms with Gasteiger partial charge >= 0.3 is 12.1 Å². The molecule has 0 aromatic heterocycles. The molecule has 2 N–H and O–H groups in total. The van der Waals surface area contributed by atoms with Gasteiger partial charge in [0, 0.05) is 14.2 Å². The van der Waals surface area contributed by atoms with Crippen molar-refractivity contribution in [3.05, 3.63) is 35.9 Å². The maximum absolute atomic E-state index is 13.9. The summed E-state index contributed by atoms with van der Waals surface area (Å²) in [6.07, 6.45) is -0.626. The monoisotopic (exact) mass is 591 g/mol. The number of carbonyl (C=O) groups excluding carboxylic acids is 4. The van der Waals surface area contributed by atoms with E-state index in [9.17, 15) is 19.2 Å². The molecule has 238 valence electrons. The third-order valence-electron chi connectivity index (χ3n) is 7.16. The van der Waals surface area contributed by atoms with Gasteiger partial charge in [-0.3, -0.25) is 14.4 Å². The molecular weight excluding hydrogens is 538 g/mol.